The smallest absolute Gasteiger partial charge is 0.312 e. The van der Waals surface area contributed by atoms with Gasteiger partial charge in [0, 0.05) is 25.8 Å². The molecule has 2 aromatic rings. The Hall–Kier alpha value is -2.63. The first-order valence-corrected chi connectivity index (χ1v) is 6.16. The predicted octanol–water partition coefficient (Wildman–Crippen LogP) is 3.11. The van der Waals surface area contributed by atoms with E-state index in [4.69, 9.17) is 0 Å². The first-order chi connectivity index (χ1) is 9.52. The lowest BCUT2D eigenvalue weighted by molar-refractivity contribution is -0.384. The molecule has 1 aromatic heterocycles. The van der Waals surface area contributed by atoms with Gasteiger partial charge in [0.05, 0.1) is 4.92 Å². The van der Waals surface area contributed by atoms with Gasteiger partial charge in [-0.15, -0.1) is 0 Å². The fourth-order valence-electron chi connectivity index (χ4n) is 1.93. The van der Waals surface area contributed by atoms with Crippen molar-refractivity contribution in [3.63, 3.8) is 0 Å². The van der Waals surface area contributed by atoms with E-state index in [0.29, 0.717) is 11.6 Å². The summed E-state index contributed by atoms with van der Waals surface area (Å²) >= 11 is 0. The molecule has 104 valence electrons. The summed E-state index contributed by atoms with van der Waals surface area (Å²) in [7, 11) is 3.49. The number of nitro groups is 1. The second kappa shape index (κ2) is 5.56. The van der Waals surface area contributed by atoms with Crippen molar-refractivity contribution in [2.75, 3.05) is 24.3 Å². The molecule has 0 spiro atoms. The van der Waals surface area contributed by atoms with Gasteiger partial charge in [0.1, 0.15) is 5.82 Å². The van der Waals surface area contributed by atoms with Crippen LogP contribution in [0.2, 0.25) is 0 Å². The van der Waals surface area contributed by atoms with E-state index in [2.05, 4.69) is 10.3 Å². The molecule has 0 bridgehead atoms. The number of nitrogens with one attached hydrogen (secondary N) is 1. The van der Waals surface area contributed by atoms with Crippen LogP contribution in [0.4, 0.5) is 23.0 Å². The highest BCUT2D eigenvalue weighted by Crippen LogP contribution is 2.31. The van der Waals surface area contributed by atoms with Crippen molar-refractivity contribution in [1.82, 2.24) is 4.98 Å². The van der Waals surface area contributed by atoms with E-state index in [1.165, 1.54) is 6.07 Å². The van der Waals surface area contributed by atoms with Gasteiger partial charge in [-0.05, 0) is 30.7 Å². The maximum Gasteiger partial charge on any atom is 0.312 e. The molecule has 20 heavy (non-hydrogen) atoms. The van der Waals surface area contributed by atoms with Crippen LogP contribution < -0.4 is 10.2 Å². The Morgan fingerprint density at radius 1 is 1.30 bits per heavy atom. The lowest BCUT2D eigenvalue weighted by atomic mass is 10.2. The zero-order valence-electron chi connectivity index (χ0n) is 11.6. The van der Waals surface area contributed by atoms with Crippen LogP contribution >= 0.6 is 0 Å². The number of hydrogen-bond donors (Lipinski definition) is 1. The number of aromatic nitrogens is 1. The minimum absolute atomic E-state index is 0.0204. The van der Waals surface area contributed by atoms with Crippen LogP contribution in [0.1, 0.15) is 5.56 Å². The van der Waals surface area contributed by atoms with Gasteiger partial charge < -0.3 is 10.2 Å². The third-order valence-electron chi connectivity index (χ3n) is 3.01. The quantitative estimate of drug-likeness (QED) is 0.684. The number of benzene rings is 1. The molecular weight excluding hydrogens is 256 g/mol. The van der Waals surface area contributed by atoms with Crippen LogP contribution in [0.5, 0.6) is 0 Å². The summed E-state index contributed by atoms with van der Waals surface area (Å²) in [6.07, 6.45) is 0. The maximum absolute atomic E-state index is 11.1. The number of nitrogens with zero attached hydrogens (tertiary/aromatic N) is 3. The van der Waals surface area contributed by atoms with E-state index >= 15 is 0 Å². The molecule has 6 nitrogen and oxygen atoms in total. The SMILES string of the molecule is CNc1ccc([N+](=O)[O-])c(N(C)c2cccc(C)c2)n1. The van der Waals surface area contributed by atoms with Gasteiger partial charge in [-0.25, -0.2) is 4.98 Å². The number of aryl methyl sites for hydroxylation is 1. The highest BCUT2D eigenvalue weighted by atomic mass is 16.6. The third-order valence-corrected chi connectivity index (χ3v) is 3.01. The van der Waals surface area contributed by atoms with Crippen molar-refractivity contribution in [3.05, 3.63) is 52.1 Å². The van der Waals surface area contributed by atoms with E-state index in [1.807, 2.05) is 31.2 Å². The average Bonchev–Trinajstić information content (AvgIpc) is 2.45. The molecule has 0 unspecified atom stereocenters. The fraction of sp³-hybridized carbons (Fsp3) is 0.214. The molecule has 0 radical (unpaired) electrons. The summed E-state index contributed by atoms with van der Waals surface area (Å²) < 4.78 is 0. The number of anilines is 3. The summed E-state index contributed by atoms with van der Waals surface area (Å²) in [5, 5.41) is 14.0. The molecule has 0 amide bonds. The molecule has 1 aromatic carbocycles. The lowest BCUT2D eigenvalue weighted by Crippen LogP contribution is -2.14. The van der Waals surface area contributed by atoms with Gasteiger partial charge in [0.15, 0.2) is 0 Å². The zero-order chi connectivity index (χ0) is 14.7. The molecular formula is C14H16N4O2. The number of rotatable bonds is 4. The van der Waals surface area contributed by atoms with Crippen LogP contribution in [0.25, 0.3) is 0 Å². The summed E-state index contributed by atoms with van der Waals surface area (Å²) in [6, 6.07) is 10.8. The van der Waals surface area contributed by atoms with Crippen molar-refractivity contribution < 1.29 is 4.92 Å². The molecule has 0 saturated carbocycles. The Bertz CT molecular complexity index is 643. The minimum atomic E-state index is -0.423. The van der Waals surface area contributed by atoms with Gasteiger partial charge in [-0.3, -0.25) is 10.1 Å². The van der Waals surface area contributed by atoms with Gasteiger partial charge >= 0.3 is 5.69 Å². The van der Waals surface area contributed by atoms with Crippen LogP contribution in [0.3, 0.4) is 0 Å². The molecule has 0 aliphatic carbocycles. The lowest BCUT2D eigenvalue weighted by Gasteiger charge is -2.19. The first kappa shape index (κ1) is 13.8. The van der Waals surface area contributed by atoms with Gasteiger partial charge in [-0.1, -0.05) is 12.1 Å². The van der Waals surface area contributed by atoms with E-state index in [9.17, 15) is 10.1 Å². The Balaban J connectivity index is 2.52. The highest BCUT2D eigenvalue weighted by molar-refractivity contribution is 5.70. The zero-order valence-corrected chi connectivity index (χ0v) is 11.6. The van der Waals surface area contributed by atoms with E-state index < -0.39 is 4.92 Å². The topological polar surface area (TPSA) is 71.3 Å². The summed E-state index contributed by atoms with van der Waals surface area (Å²) in [5.74, 6) is 0.901. The molecule has 0 atom stereocenters. The number of pyridine rings is 1. The second-order valence-corrected chi connectivity index (χ2v) is 4.44. The van der Waals surface area contributed by atoms with E-state index in [1.54, 1.807) is 25.1 Å². The molecule has 0 fully saturated rings. The van der Waals surface area contributed by atoms with Crippen molar-refractivity contribution in [2.45, 2.75) is 6.92 Å². The van der Waals surface area contributed by atoms with Gasteiger partial charge in [-0.2, -0.15) is 0 Å². The summed E-state index contributed by atoms with van der Waals surface area (Å²) in [5.41, 5.74) is 1.92. The number of hydrogen-bond acceptors (Lipinski definition) is 5. The van der Waals surface area contributed by atoms with Crippen molar-refractivity contribution in [2.24, 2.45) is 0 Å². The molecule has 0 aliphatic heterocycles. The highest BCUT2D eigenvalue weighted by Gasteiger charge is 2.20. The van der Waals surface area contributed by atoms with Crippen LogP contribution in [-0.4, -0.2) is 24.0 Å². The third kappa shape index (κ3) is 2.69. The Labute approximate surface area is 117 Å². The molecule has 1 N–H and O–H groups in total. The van der Waals surface area contributed by atoms with Crippen molar-refractivity contribution in [3.8, 4) is 0 Å². The maximum atomic E-state index is 11.1. The monoisotopic (exact) mass is 272 g/mol. The molecule has 2 rings (SSSR count). The van der Waals surface area contributed by atoms with Crippen molar-refractivity contribution >= 4 is 23.0 Å². The second-order valence-electron chi connectivity index (χ2n) is 4.44. The Kier molecular flexibility index (Phi) is 3.84. The molecule has 6 heteroatoms. The standard InChI is InChI=1S/C14H16N4O2/c1-10-5-4-6-11(9-10)17(3)14-12(18(19)20)7-8-13(15-2)16-14/h4-9H,1-3H3,(H,15,16). The van der Waals surface area contributed by atoms with Crippen LogP contribution in [-0.2, 0) is 0 Å². The molecule has 1 heterocycles. The largest absolute Gasteiger partial charge is 0.373 e. The van der Waals surface area contributed by atoms with Gasteiger partial charge in [0.2, 0.25) is 5.82 Å². The van der Waals surface area contributed by atoms with E-state index in [0.717, 1.165) is 11.3 Å². The summed E-state index contributed by atoms with van der Waals surface area (Å²) in [6.45, 7) is 1.98. The average molecular weight is 272 g/mol. The van der Waals surface area contributed by atoms with Crippen LogP contribution in [0, 0.1) is 17.0 Å². The predicted molar refractivity (Wildman–Crippen MR) is 79.7 cm³/mol. The summed E-state index contributed by atoms with van der Waals surface area (Å²) in [4.78, 5) is 16.7. The fourth-order valence-corrected chi connectivity index (χ4v) is 1.93. The first-order valence-electron chi connectivity index (χ1n) is 6.16. The molecule has 0 aliphatic rings. The Morgan fingerprint density at radius 2 is 2.05 bits per heavy atom. The van der Waals surface area contributed by atoms with Crippen molar-refractivity contribution in [1.29, 1.82) is 0 Å². The van der Waals surface area contributed by atoms with Gasteiger partial charge in [0.25, 0.3) is 0 Å². The van der Waals surface area contributed by atoms with E-state index in [-0.39, 0.29) is 5.69 Å². The minimum Gasteiger partial charge on any atom is -0.373 e. The Morgan fingerprint density at radius 3 is 2.65 bits per heavy atom. The van der Waals surface area contributed by atoms with Crippen LogP contribution in [0.15, 0.2) is 36.4 Å². The molecule has 0 saturated heterocycles. The normalized spacial score (nSPS) is 10.2.